The number of allylic oxidation sites excluding steroid dienone is 2. The van der Waals surface area contributed by atoms with Crippen LogP contribution in [0.3, 0.4) is 0 Å². The molecule has 31 heavy (non-hydrogen) atoms. The number of amides is 3. The number of hydrazine groups is 1. The van der Waals surface area contributed by atoms with Crippen molar-refractivity contribution in [2.24, 2.45) is 11.8 Å². The summed E-state index contributed by atoms with van der Waals surface area (Å²) >= 11 is 5.94. The number of halogens is 1. The van der Waals surface area contributed by atoms with Gasteiger partial charge in [0.2, 0.25) is 0 Å². The maximum absolute atomic E-state index is 13.5. The summed E-state index contributed by atoms with van der Waals surface area (Å²) in [7, 11) is 0. The van der Waals surface area contributed by atoms with E-state index in [1.165, 1.54) is 24.3 Å². The molecule has 2 aromatic carbocycles. The van der Waals surface area contributed by atoms with E-state index in [1.54, 1.807) is 24.3 Å². The van der Waals surface area contributed by atoms with Gasteiger partial charge in [-0.25, -0.2) is 5.01 Å². The molecular formula is C22H18ClN3O5. The summed E-state index contributed by atoms with van der Waals surface area (Å²) < 4.78 is 0. The fourth-order valence-corrected chi connectivity index (χ4v) is 4.10. The molecule has 0 saturated carbocycles. The third-order valence-corrected chi connectivity index (χ3v) is 5.79. The van der Waals surface area contributed by atoms with Crippen molar-refractivity contribution in [3.63, 3.8) is 0 Å². The summed E-state index contributed by atoms with van der Waals surface area (Å²) in [6, 6.07) is 12.1. The molecule has 3 amide bonds. The molecule has 1 aliphatic carbocycles. The fraction of sp³-hybridized carbons (Fsp3) is 0.227. The third-order valence-electron chi connectivity index (χ3n) is 5.54. The molecule has 8 nitrogen and oxygen atoms in total. The number of nitro groups is 1. The van der Waals surface area contributed by atoms with Gasteiger partial charge < -0.3 is 0 Å². The number of benzene rings is 2. The van der Waals surface area contributed by atoms with Gasteiger partial charge in [-0.05, 0) is 36.6 Å². The van der Waals surface area contributed by atoms with Gasteiger partial charge in [-0.3, -0.25) is 24.5 Å². The van der Waals surface area contributed by atoms with Crippen LogP contribution in [-0.2, 0) is 16.1 Å². The number of imide groups is 1. The van der Waals surface area contributed by atoms with Gasteiger partial charge in [0.25, 0.3) is 23.4 Å². The van der Waals surface area contributed by atoms with E-state index in [0.717, 1.165) is 10.0 Å². The molecule has 2 aromatic rings. The normalized spacial score (nSPS) is 20.0. The molecule has 0 radical (unpaired) electrons. The van der Waals surface area contributed by atoms with Gasteiger partial charge >= 0.3 is 0 Å². The molecule has 9 heteroatoms. The van der Waals surface area contributed by atoms with E-state index < -0.39 is 40.2 Å². The molecule has 4 rings (SSSR count). The second kappa shape index (κ2) is 8.31. The highest BCUT2D eigenvalue weighted by Gasteiger charge is 2.51. The average molecular weight is 440 g/mol. The summed E-state index contributed by atoms with van der Waals surface area (Å²) in [5, 5.41) is 13.8. The van der Waals surface area contributed by atoms with Gasteiger partial charge in [-0.2, -0.15) is 5.01 Å². The molecule has 2 aliphatic rings. The first-order chi connectivity index (χ1) is 14.9. The minimum Gasteiger partial charge on any atom is -0.272 e. The van der Waals surface area contributed by atoms with Gasteiger partial charge in [0.1, 0.15) is 5.56 Å². The van der Waals surface area contributed by atoms with E-state index in [-0.39, 0.29) is 12.1 Å². The second-order valence-electron chi connectivity index (χ2n) is 7.41. The highest BCUT2D eigenvalue weighted by molar-refractivity contribution is 6.30. The minimum atomic E-state index is -0.796. The Balaban J connectivity index is 1.76. The van der Waals surface area contributed by atoms with Crippen LogP contribution in [-0.4, -0.2) is 32.7 Å². The lowest BCUT2D eigenvalue weighted by Crippen LogP contribution is -2.49. The van der Waals surface area contributed by atoms with Crippen molar-refractivity contribution < 1.29 is 19.3 Å². The minimum absolute atomic E-state index is 0.119. The molecule has 0 bridgehead atoms. The van der Waals surface area contributed by atoms with Gasteiger partial charge in [0, 0.05) is 11.1 Å². The van der Waals surface area contributed by atoms with Crippen LogP contribution in [0.25, 0.3) is 0 Å². The number of carbonyl (C=O) groups excluding carboxylic acids is 3. The summed E-state index contributed by atoms with van der Waals surface area (Å²) in [6.45, 7) is -0.119. The van der Waals surface area contributed by atoms with Crippen LogP contribution in [0.5, 0.6) is 0 Å². The Hall–Kier alpha value is -3.52. The number of fused-ring (bicyclic) bond motifs is 1. The number of nitro benzene ring substituents is 1. The van der Waals surface area contributed by atoms with Gasteiger partial charge in [0.15, 0.2) is 0 Å². The molecule has 1 aliphatic heterocycles. The maximum atomic E-state index is 13.5. The van der Waals surface area contributed by atoms with Gasteiger partial charge in [0.05, 0.1) is 23.3 Å². The van der Waals surface area contributed by atoms with E-state index in [2.05, 4.69) is 0 Å². The predicted molar refractivity (Wildman–Crippen MR) is 112 cm³/mol. The Bertz CT molecular complexity index is 1070. The Morgan fingerprint density at radius 2 is 1.61 bits per heavy atom. The van der Waals surface area contributed by atoms with Crippen LogP contribution in [0.4, 0.5) is 5.69 Å². The van der Waals surface area contributed by atoms with Crippen LogP contribution in [0.1, 0.15) is 28.8 Å². The van der Waals surface area contributed by atoms with Crippen molar-refractivity contribution in [1.82, 2.24) is 10.0 Å². The topological polar surface area (TPSA) is 101 Å². The maximum Gasteiger partial charge on any atom is 0.282 e. The van der Waals surface area contributed by atoms with Gasteiger partial charge in [-0.15, -0.1) is 0 Å². The van der Waals surface area contributed by atoms with E-state index in [1.807, 2.05) is 12.2 Å². The molecule has 0 N–H and O–H groups in total. The first kappa shape index (κ1) is 20.7. The molecule has 1 heterocycles. The van der Waals surface area contributed by atoms with Crippen LogP contribution < -0.4 is 0 Å². The van der Waals surface area contributed by atoms with E-state index in [0.29, 0.717) is 23.4 Å². The molecule has 158 valence electrons. The van der Waals surface area contributed by atoms with Crippen molar-refractivity contribution in [2.45, 2.75) is 19.4 Å². The fourth-order valence-electron chi connectivity index (χ4n) is 3.97. The number of carbonyl (C=O) groups is 3. The quantitative estimate of drug-likeness (QED) is 0.305. The van der Waals surface area contributed by atoms with Gasteiger partial charge in [-0.1, -0.05) is 48.0 Å². The summed E-state index contributed by atoms with van der Waals surface area (Å²) in [5.74, 6) is -2.82. The number of hydrogen-bond acceptors (Lipinski definition) is 5. The van der Waals surface area contributed by atoms with E-state index in [4.69, 9.17) is 11.6 Å². The first-order valence-electron chi connectivity index (χ1n) is 9.71. The Labute approximate surface area is 182 Å². The van der Waals surface area contributed by atoms with Crippen molar-refractivity contribution >= 4 is 35.0 Å². The molecule has 2 atom stereocenters. The lowest BCUT2D eigenvalue weighted by Gasteiger charge is -2.30. The molecule has 0 spiro atoms. The van der Waals surface area contributed by atoms with Crippen molar-refractivity contribution in [3.8, 4) is 0 Å². The molecular weight excluding hydrogens is 422 g/mol. The lowest BCUT2D eigenvalue weighted by atomic mass is 9.85. The van der Waals surface area contributed by atoms with Crippen molar-refractivity contribution in [2.75, 3.05) is 0 Å². The number of nitrogens with zero attached hydrogens (tertiary/aromatic N) is 3. The monoisotopic (exact) mass is 439 g/mol. The number of hydrogen-bond donors (Lipinski definition) is 0. The summed E-state index contributed by atoms with van der Waals surface area (Å²) in [6.07, 6.45) is 4.53. The van der Waals surface area contributed by atoms with E-state index >= 15 is 0 Å². The zero-order valence-electron chi connectivity index (χ0n) is 16.3. The Morgan fingerprint density at radius 1 is 1.03 bits per heavy atom. The lowest BCUT2D eigenvalue weighted by molar-refractivity contribution is -0.385. The zero-order chi connectivity index (χ0) is 22.1. The highest BCUT2D eigenvalue weighted by atomic mass is 35.5. The van der Waals surface area contributed by atoms with Crippen LogP contribution in [0.15, 0.2) is 60.7 Å². The second-order valence-corrected chi connectivity index (χ2v) is 7.84. The zero-order valence-corrected chi connectivity index (χ0v) is 17.1. The third kappa shape index (κ3) is 3.82. The predicted octanol–water partition coefficient (Wildman–Crippen LogP) is 3.76. The molecule has 0 unspecified atom stereocenters. The van der Waals surface area contributed by atoms with Crippen molar-refractivity contribution in [1.29, 1.82) is 0 Å². The number of para-hydroxylation sites is 1. The number of rotatable bonds is 5. The van der Waals surface area contributed by atoms with Crippen LogP contribution >= 0.6 is 11.6 Å². The average Bonchev–Trinajstić information content (AvgIpc) is 3.03. The summed E-state index contributed by atoms with van der Waals surface area (Å²) in [4.78, 5) is 50.5. The Morgan fingerprint density at radius 3 is 2.19 bits per heavy atom. The van der Waals surface area contributed by atoms with Crippen LogP contribution in [0, 0.1) is 22.0 Å². The first-order valence-corrected chi connectivity index (χ1v) is 10.1. The largest absolute Gasteiger partial charge is 0.282 e. The molecule has 1 fully saturated rings. The van der Waals surface area contributed by atoms with Crippen molar-refractivity contribution in [3.05, 3.63) is 86.9 Å². The summed E-state index contributed by atoms with van der Waals surface area (Å²) in [5.41, 5.74) is 0.0202. The highest BCUT2D eigenvalue weighted by Crippen LogP contribution is 2.37. The molecule has 1 saturated heterocycles. The standard InChI is InChI=1S/C22H18ClN3O5/c23-15-11-9-14(10-12-15)13-24(20(27)18-7-3-4-8-19(18)26(30)31)25-21(28)16-5-1-2-6-17(16)22(25)29/h1-4,7-12,16-17H,5-6,13H2/t16-,17-/m1/s1. The smallest absolute Gasteiger partial charge is 0.272 e. The Kier molecular flexibility index (Phi) is 5.56. The SMILES string of the molecule is O=C(c1ccccc1[N+](=O)[O-])N(Cc1ccc(Cl)cc1)N1C(=O)[C@@H]2CC=CC[C@H]2C1=O. The van der Waals surface area contributed by atoms with E-state index in [9.17, 15) is 24.5 Å². The molecule has 0 aromatic heterocycles. The van der Waals surface area contributed by atoms with Crippen LogP contribution in [0.2, 0.25) is 5.02 Å².